The summed E-state index contributed by atoms with van der Waals surface area (Å²) in [6.07, 6.45) is 1.75. The van der Waals surface area contributed by atoms with E-state index in [9.17, 15) is 0 Å². The van der Waals surface area contributed by atoms with E-state index < -0.39 is 0 Å². The highest BCUT2D eigenvalue weighted by atomic mass is 32.2. The second-order valence-corrected chi connectivity index (χ2v) is 8.84. The summed E-state index contributed by atoms with van der Waals surface area (Å²) >= 11 is 3.44. The Labute approximate surface area is 179 Å². The molecule has 0 radical (unpaired) electrons. The number of anilines is 2. The molecule has 0 fully saturated rings. The van der Waals surface area contributed by atoms with E-state index in [1.807, 2.05) is 31.2 Å². The fourth-order valence-corrected chi connectivity index (χ4v) is 4.89. The van der Waals surface area contributed by atoms with Crippen molar-refractivity contribution in [2.75, 3.05) is 45.9 Å². The van der Waals surface area contributed by atoms with E-state index in [1.54, 1.807) is 43.5 Å². The summed E-state index contributed by atoms with van der Waals surface area (Å²) in [5.41, 5.74) is 2.60. The van der Waals surface area contributed by atoms with E-state index in [0.717, 1.165) is 44.3 Å². The van der Waals surface area contributed by atoms with Gasteiger partial charge >= 0.3 is 0 Å². The van der Waals surface area contributed by atoms with E-state index in [1.165, 1.54) is 0 Å². The molecule has 29 heavy (non-hydrogen) atoms. The Morgan fingerprint density at radius 2 is 1.97 bits per heavy atom. The summed E-state index contributed by atoms with van der Waals surface area (Å²) in [5.74, 6) is 2.89. The van der Waals surface area contributed by atoms with Crippen molar-refractivity contribution >= 4 is 34.7 Å². The lowest BCUT2D eigenvalue weighted by Gasteiger charge is -2.11. The van der Waals surface area contributed by atoms with Crippen LogP contribution in [0.1, 0.15) is 5.69 Å². The Morgan fingerprint density at radius 3 is 2.69 bits per heavy atom. The fourth-order valence-electron chi connectivity index (χ4n) is 2.55. The van der Waals surface area contributed by atoms with E-state index in [2.05, 4.69) is 34.3 Å². The first-order chi connectivity index (χ1) is 14.0. The topological polar surface area (TPSA) is 72.4 Å². The first-order valence-corrected chi connectivity index (χ1v) is 10.9. The highest BCUT2D eigenvalue weighted by molar-refractivity contribution is 8.01. The van der Waals surface area contributed by atoms with Crippen molar-refractivity contribution in [2.45, 2.75) is 11.3 Å². The summed E-state index contributed by atoms with van der Waals surface area (Å²) in [6.45, 7) is 3.04. The molecule has 7 nitrogen and oxygen atoms in total. The number of nitrogens with zero attached hydrogens (tertiary/aromatic N) is 4. The van der Waals surface area contributed by atoms with Gasteiger partial charge in [0, 0.05) is 24.6 Å². The van der Waals surface area contributed by atoms with Crippen LogP contribution in [0.25, 0.3) is 10.6 Å². The standard InChI is InChI=1S/C20H25N5O2S2/c1-13-18(29-20(22-13)28-11-10-25(2)3)16-8-9-21-19(24-16)23-15-7-6-14(26-4)12-17(15)27-5/h6-9,12H,10-11H2,1-5H3,(H,21,23,24). The Bertz CT molecular complexity index is 962. The molecule has 2 heterocycles. The summed E-state index contributed by atoms with van der Waals surface area (Å²) in [6, 6.07) is 7.46. The van der Waals surface area contributed by atoms with Crippen molar-refractivity contribution in [3.05, 3.63) is 36.2 Å². The number of thioether (sulfide) groups is 1. The number of methoxy groups -OCH3 is 2. The normalized spacial score (nSPS) is 11.0. The predicted octanol–water partition coefficient (Wildman–Crippen LogP) is 4.32. The molecule has 0 bridgehead atoms. The van der Waals surface area contributed by atoms with Crippen LogP contribution in [0.5, 0.6) is 11.5 Å². The zero-order valence-corrected chi connectivity index (χ0v) is 18.9. The molecule has 2 aromatic heterocycles. The van der Waals surface area contributed by atoms with Gasteiger partial charge in [0.15, 0.2) is 4.34 Å². The number of rotatable bonds is 9. The number of nitrogens with one attached hydrogen (secondary N) is 1. The summed E-state index contributed by atoms with van der Waals surface area (Å²) in [7, 11) is 7.39. The highest BCUT2D eigenvalue weighted by Gasteiger charge is 2.13. The van der Waals surface area contributed by atoms with Gasteiger partial charge in [0.1, 0.15) is 11.5 Å². The van der Waals surface area contributed by atoms with E-state index in [-0.39, 0.29) is 0 Å². The molecule has 0 saturated heterocycles. The lowest BCUT2D eigenvalue weighted by molar-refractivity contribution is 0.395. The molecular weight excluding hydrogens is 406 g/mol. The van der Waals surface area contributed by atoms with Gasteiger partial charge in [0.25, 0.3) is 0 Å². The van der Waals surface area contributed by atoms with Crippen LogP contribution in [0.15, 0.2) is 34.8 Å². The molecule has 3 aromatic rings. The molecule has 3 rings (SSSR count). The lowest BCUT2D eigenvalue weighted by atomic mass is 10.2. The number of aryl methyl sites for hydroxylation is 1. The molecule has 1 N–H and O–H groups in total. The quantitative estimate of drug-likeness (QED) is 0.502. The SMILES string of the molecule is COc1ccc(Nc2nccc(-c3sc(SCCN(C)C)nc3C)n2)c(OC)c1. The van der Waals surface area contributed by atoms with Gasteiger partial charge in [-0.2, -0.15) is 0 Å². The van der Waals surface area contributed by atoms with Crippen molar-refractivity contribution in [3.63, 3.8) is 0 Å². The van der Waals surface area contributed by atoms with Crippen LogP contribution in [0.2, 0.25) is 0 Å². The second kappa shape index (κ2) is 9.91. The van der Waals surface area contributed by atoms with Gasteiger partial charge in [-0.05, 0) is 39.2 Å². The smallest absolute Gasteiger partial charge is 0.227 e. The average Bonchev–Trinajstić information content (AvgIpc) is 3.08. The summed E-state index contributed by atoms with van der Waals surface area (Å²) in [4.78, 5) is 17.0. The van der Waals surface area contributed by atoms with Crippen LogP contribution in [0.4, 0.5) is 11.6 Å². The van der Waals surface area contributed by atoms with Crippen molar-refractivity contribution in [1.29, 1.82) is 0 Å². The van der Waals surface area contributed by atoms with Gasteiger partial charge in [-0.1, -0.05) is 11.8 Å². The fraction of sp³-hybridized carbons (Fsp3) is 0.350. The van der Waals surface area contributed by atoms with Gasteiger partial charge in [0.05, 0.1) is 36.2 Å². The molecule has 154 valence electrons. The van der Waals surface area contributed by atoms with Crippen molar-refractivity contribution in [2.24, 2.45) is 0 Å². The zero-order valence-electron chi connectivity index (χ0n) is 17.2. The second-order valence-electron chi connectivity index (χ2n) is 6.50. The third-order valence-electron chi connectivity index (χ3n) is 4.08. The molecular formula is C20H25N5O2S2. The van der Waals surface area contributed by atoms with Crippen LogP contribution in [-0.2, 0) is 0 Å². The number of hydrogen-bond acceptors (Lipinski definition) is 9. The molecule has 1 aromatic carbocycles. The van der Waals surface area contributed by atoms with Crippen LogP contribution in [0.3, 0.4) is 0 Å². The van der Waals surface area contributed by atoms with Crippen LogP contribution >= 0.6 is 23.1 Å². The molecule has 0 aliphatic heterocycles. The van der Waals surface area contributed by atoms with Crippen LogP contribution in [-0.4, -0.2) is 60.5 Å². The largest absolute Gasteiger partial charge is 0.497 e. The van der Waals surface area contributed by atoms with Gasteiger partial charge in [-0.3, -0.25) is 0 Å². The molecule has 9 heteroatoms. The van der Waals surface area contributed by atoms with Gasteiger partial charge in [-0.25, -0.2) is 15.0 Å². The van der Waals surface area contributed by atoms with Crippen molar-refractivity contribution in [3.8, 4) is 22.1 Å². The van der Waals surface area contributed by atoms with Crippen LogP contribution < -0.4 is 14.8 Å². The number of thiazole rings is 1. The predicted molar refractivity (Wildman–Crippen MR) is 120 cm³/mol. The van der Waals surface area contributed by atoms with E-state index in [0.29, 0.717) is 11.7 Å². The maximum absolute atomic E-state index is 5.44. The maximum atomic E-state index is 5.44. The minimum atomic E-state index is 0.501. The molecule has 0 aliphatic carbocycles. The molecule has 0 aliphatic rings. The molecule has 0 saturated carbocycles. The molecule has 0 spiro atoms. The first kappa shape index (κ1) is 21.4. The van der Waals surface area contributed by atoms with Crippen molar-refractivity contribution in [1.82, 2.24) is 19.9 Å². The highest BCUT2D eigenvalue weighted by Crippen LogP contribution is 2.35. The third-order valence-corrected chi connectivity index (χ3v) is 6.39. The number of ether oxygens (including phenoxy) is 2. The maximum Gasteiger partial charge on any atom is 0.227 e. The number of hydrogen-bond donors (Lipinski definition) is 1. The Balaban J connectivity index is 1.79. The molecule has 0 unspecified atom stereocenters. The molecule has 0 atom stereocenters. The third kappa shape index (κ3) is 5.59. The van der Waals surface area contributed by atoms with Gasteiger partial charge < -0.3 is 19.7 Å². The summed E-state index contributed by atoms with van der Waals surface area (Å²) in [5, 5.41) is 3.23. The number of aromatic nitrogens is 3. The van der Waals surface area contributed by atoms with Gasteiger partial charge in [-0.15, -0.1) is 11.3 Å². The zero-order chi connectivity index (χ0) is 20.8. The van der Waals surface area contributed by atoms with E-state index >= 15 is 0 Å². The molecule has 0 amide bonds. The Kier molecular flexibility index (Phi) is 7.29. The first-order valence-electron chi connectivity index (χ1n) is 9.07. The lowest BCUT2D eigenvalue weighted by Crippen LogP contribution is -2.14. The number of benzene rings is 1. The minimum absolute atomic E-state index is 0.501. The Hall–Kier alpha value is -2.36. The monoisotopic (exact) mass is 431 g/mol. The Morgan fingerprint density at radius 1 is 1.14 bits per heavy atom. The van der Waals surface area contributed by atoms with Crippen LogP contribution in [0, 0.1) is 6.92 Å². The van der Waals surface area contributed by atoms with E-state index in [4.69, 9.17) is 14.5 Å². The summed E-state index contributed by atoms with van der Waals surface area (Å²) < 4.78 is 11.7. The average molecular weight is 432 g/mol. The van der Waals surface area contributed by atoms with Gasteiger partial charge in [0.2, 0.25) is 5.95 Å². The minimum Gasteiger partial charge on any atom is -0.497 e. The van der Waals surface area contributed by atoms with Crippen molar-refractivity contribution < 1.29 is 9.47 Å².